The Morgan fingerprint density at radius 1 is 0.718 bits per heavy atom. The van der Waals surface area contributed by atoms with Crippen molar-refractivity contribution in [2.75, 3.05) is 79.0 Å². The molecule has 0 aromatic heterocycles. The zero-order valence-electron chi connectivity index (χ0n) is 41.7. The van der Waals surface area contributed by atoms with Crippen LogP contribution in [0.25, 0.3) is 0 Å². The summed E-state index contributed by atoms with van der Waals surface area (Å²) in [6.45, 7) is -0.236. The van der Waals surface area contributed by atoms with Crippen molar-refractivity contribution in [3.63, 3.8) is 0 Å². The van der Waals surface area contributed by atoms with Crippen LogP contribution in [0.4, 0.5) is 0 Å². The topological polar surface area (TPSA) is 497 Å². The molecule has 78 heavy (non-hydrogen) atoms. The van der Waals surface area contributed by atoms with Crippen molar-refractivity contribution in [1.29, 1.82) is 0 Å². The highest BCUT2D eigenvalue weighted by atomic mass is 32.3. The number of nitrogens with one attached hydrogen (secondary N) is 3. The van der Waals surface area contributed by atoms with E-state index in [-0.39, 0.29) is 65.3 Å². The number of quaternary nitrogens is 2. The molecule has 2 aromatic carbocycles. The Balaban J connectivity index is 0.000000230. The van der Waals surface area contributed by atoms with Gasteiger partial charge in [-0.3, -0.25) is 13.9 Å². The first kappa shape index (κ1) is 67.3. The van der Waals surface area contributed by atoms with Gasteiger partial charge in [-0.25, -0.2) is 16.7 Å². The molecule has 6 heterocycles. The molecule has 0 bridgehead atoms. The van der Waals surface area contributed by atoms with Gasteiger partial charge in [0.2, 0.25) is 0 Å². The molecule has 0 spiro atoms. The molecule has 4 unspecified atom stereocenters. The molecule has 0 amide bonds. The molecule has 6 aliphatic heterocycles. The maximum absolute atomic E-state index is 11.2. The molecule has 32 nitrogen and oxygen atoms in total. The molecular formula is C43H71N3O29S3+2. The first-order chi connectivity index (χ1) is 36.6. The summed E-state index contributed by atoms with van der Waals surface area (Å²) in [5.41, 5.74) is 1.60. The van der Waals surface area contributed by atoms with Gasteiger partial charge in [0, 0.05) is 24.6 Å². The van der Waals surface area contributed by atoms with Crippen molar-refractivity contribution in [3.05, 3.63) is 71.8 Å². The number of benzene rings is 2. The van der Waals surface area contributed by atoms with Crippen LogP contribution in [0.2, 0.25) is 0 Å². The smallest absolute Gasteiger partial charge is 0.400 e. The normalized spacial score (nSPS) is 35.1. The fourth-order valence-corrected chi connectivity index (χ4v) is 10.6. The number of rotatable bonds is 15. The molecule has 19 atom stereocenters. The second-order valence-electron chi connectivity index (χ2n) is 18.3. The van der Waals surface area contributed by atoms with Gasteiger partial charge in [0.05, 0.1) is 64.5 Å². The third-order valence-electron chi connectivity index (χ3n) is 12.6. The van der Waals surface area contributed by atoms with E-state index in [0.717, 1.165) is 18.1 Å². The first-order valence-corrected chi connectivity index (χ1v) is 28.0. The van der Waals surface area contributed by atoms with Crippen molar-refractivity contribution in [2.24, 2.45) is 0 Å². The van der Waals surface area contributed by atoms with Crippen molar-refractivity contribution in [1.82, 2.24) is 5.32 Å². The van der Waals surface area contributed by atoms with Crippen LogP contribution in [0, 0.1) is 0 Å². The van der Waals surface area contributed by atoms with Crippen LogP contribution < -0.4 is 15.1 Å². The molecule has 0 saturated carbocycles. The monoisotopic (exact) mass is 1190 g/mol. The Morgan fingerprint density at radius 3 is 1.69 bits per heavy atom. The fourth-order valence-electron chi connectivity index (χ4n) is 8.74. The van der Waals surface area contributed by atoms with Gasteiger partial charge in [0.1, 0.15) is 99.3 Å². The van der Waals surface area contributed by atoms with E-state index < -0.39 is 148 Å². The summed E-state index contributed by atoms with van der Waals surface area (Å²) in [5.74, 6) is -0.833. The predicted molar refractivity (Wildman–Crippen MR) is 257 cm³/mol. The number of aliphatic carboxylic acids is 1. The molecule has 6 aliphatic rings. The molecule has 6 fully saturated rings. The van der Waals surface area contributed by atoms with Gasteiger partial charge in [-0.15, -0.1) is 0 Å². The second-order valence-corrected chi connectivity index (χ2v) is 21.6. The van der Waals surface area contributed by atoms with Crippen LogP contribution in [-0.4, -0.2) is 272 Å². The lowest BCUT2D eigenvalue weighted by atomic mass is 10.1. The van der Waals surface area contributed by atoms with Crippen LogP contribution >= 0.6 is 0 Å². The van der Waals surface area contributed by atoms with Crippen LogP contribution in [0.5, 0.6) is 0 Å². The minimum Gasteiger partial charge on any atom is -0.481 e. The molecule has 2 aromatic rings. The third-order valence-corrected chi connectivity index (χ3v) is 14.5. The van der Waals surface area contributed by atoms with E-state index in [1.165, 1.54) is 0 Å². The van der Waals surface area contributed by atoms with Gasteiger partial charge < -0.3 is 95.3 Å². The van der Waals surface area contributed by atoms with Gasteiger partial charge in [0.25, 0.3) is 5.97 Å². The summed E-state index contributed by atoms with van der Waals surface area (Å²) in [7, 11) is -13.5. The SMILES string of the molecule is CC(=O)O.O=S(=O)(O)O[C@H](CO)[C@H](O)C[NH+]1C[C@@H](O)[C@H](O)[C@H]1CO.O=S(=O)(O)O[C@H]1COC(c2ccccc2)O[C@@H]1C[NH+]1C[C@@H](O)[C@H](O)[C@H]1CO.O=S1(=O)OC[C@H]2OC(c3ccccc3)OC[C@@H]2O1.OC[C@H]1NC[C@@H](O)[C@@H]1O. The Morgan fingerprint density at radius 2 is 1.23 bits per heavy atom. The number of carboxylic acids is 1. The standard InChI is InChI=1S/C16H23NO9S.C11H12O6S.C9H19NO9S.C5H11NO3.C2H4O2/c18-8-11-15(20)12(19)6-17(11)7-13-14(26-27(21,22)23)9-24-16(25-13)10-4-2-1-3-5-10;12-18(13)15-7-9-10(17-18)6-14-11(16-9)8-4-2-1-3-5-8;11-3-5-9(15)7(14)2-10(5)1-6(13)8(4-12)19-20(16,17)18;7-2-3-5(9)4(8)1-6-3;1-2(3)4/h1-5,11-16,18-20H,6-9H2,(H,21,22,23);1-5,9-11H,6-7H2;5-9,11-15H,1-4H2,(H,16,17,18);3-9H,1-2H2;1H3,(H,3,4)/p+2/t11-,12-,13-,14+,15-,16?;9-,10+,11?;5-,6-,7-,8-,9-;3-,4-,5-;/m1111./s1. The van der Waals surface area contributed by atoms with E-state index in [1.54, 1.807) is 24.3 Å². The van der Waals surface area contributed by atoms with Gasteiger partial charge >= 0.3 is 31.2 Å². The van der Waals surface area contributed by atoms with Crippen molar-refractivity contribution in [2.45, 2.75) is 111 Å². The van der Waals surface area contributed by atoms with Gasteiger partial charge in [0.15, 0.2) is 12.6 Å². The van der Waals surface area contributed by atoms with Gasteiger partial charge in [-0.1, -0.05) is 60.7 Å². The van der Waals surface area contributed by atoms with Gasteiger partial charge in [-0.05, 0) is 0 Å². The number of ether oxygens (including phenoxy) is 4. The number of fused-ring (bicyclic) bond motifs is 1. The molecule has 35 heteroatoms. The zero-order chi connectivity index (χ0) is 58.1. The fraction of sp³-hybridized carbons (Fsp3) is 0.698. The lowest BCUT2D eigenvalue weighted by molar-refractivity contribution is -0.919. The summed E-state index contributed by atoms with van der Waals surface area (Å²) in [4.78, 5) is 10.1. The molecular weight excluding hydrogens is 1120 g/mol. The number of aliphatic hydroxyl groups is 11. The lowest BCUT2D eigenvalue weighted by Crippen LogP contribution is -3.16. The maximum Gasteiger partial charge on any atom is 0.400 e. The van der Waals surface area contributed by atoms with Crippen LogP contribution in [0.1, 0.15) is 30.6 Å². The summed E-state index contributed by atoms with van der Waals surface area (Å²) < 4.78 is 124. The maximum atomic E-state index is 11.2. The summed E-state index contributed by atoms with van der Waals surface area (Å²) >= 11 is 0. The highest BCUT2D eigenvalue weighted by molar-refractivity contribution is 7.82. The average Bonchev–Trinajstić information content (AvgIpc) is 3.96. The number of aliphatic hydroxyl groups excluding tert-OH is 11. The van der Waals surface area contributed by atoms with Crippen molar-refractivity contribution >= 4 is 37.2 Å². The predicted octanol–water partition coefficient (Wildman–Crippen LogP) is -9.70. The quantitative estimate of drug-likeness (QED) is 0.0736. The Hall–Kier alpha value is -3.20. The van der Waals surface area contributed by atoms with E-state index in [4.69, 9.17) is 67.7 Å². The zero-order valence-corrected chi connectivity index (χ0v) is 44.1. The minimum absolute atomic E-state index is 0.0352. The number of hydrogen-bond donors (Lipinski definition) is 17. The van der Waals surface area contributed by atoms with Crippen molar-refractivity contribution < 1.29 is 146 Å². The highest BCUT2D eigenvalue weighted by Gasteiger charge is 2.48. The summed E-state index contributed by atoms with van der Waals surface area (Å²) in [6.07, 6.45) is -13.2. The number of likely N-dealkylation sites (tertiary alicyclic amines) is 2. The summed E-state index contributed by atoms with van der Waals surface area (Å²) in [5, 5.41) is 113. The Bertz CT molecular complexity index is 2420. The van der Waals surface area contributed by atoms with Crippen molar-refractivity contribution in [3.8, 4) is 0 Å². The Labute approximate surface area is 448 Å². The number of β-amino-alcohol motifs (C(OH)–C–C–N with tert-alkyl or cyclic N) is 1. The molecule has 448 valence electrons. The van der Waals surface area contributed by atoms with E-state index in [9.17, 15) is 55.9 Å². The average molecular weight is 1190 g/mol. The van der Waals surface area contributed by atoms with E-state index in [1.807, 2.05) is 36.4 Å². The number of carbonyl (C=O) groups is 1. The molecule has 17 N–H and O–H groups in total. The van der Waals surface area contributed by atoms with Crippen LogP contribution in [0.15, 0.2) is 60.7 Å². The number of hydrogen-bond acceptors (Lipinski definition) is 27. The largest absolute Gasteiger partial charge is 0.481 e. The van der Waals surface area contributed by atoms with Crippen LogP contribution in [-0.2, 0) is 71.7 Å². The van der Waals surface area contributed by atoms with E-state index in [0.29, 0.717) is 16.3 Å². The highest BCUT2D eigenvalue weighted by Crippen LogP contribution is 2.31. The van der Waals surface area contributed by atoms with E-state index >= 15 is 0 Å². The van der Waals surface area contributed by atoms with E-state index in [2.05, 4.69) is 17.9 Å². The summed E-state index contributed by atoms with van der Waals surface area (Å²) in [6, 6.07) is 16.7. The lowest BCUT2D eigenvalue weighted by Gasteiger charge is -2.37. The van der Waals surface area contributed by atoms with Crippen LogP contribution in [0.3, 0.4) is 0 Å². The molecule has 0 aliphatic carbocycles. The molecule has 8 rings (SSSR count). The molecule has 6 saturated heterocycles. The second kappa shape index (κ2) is 31.3. The first-order valence-electron chi connectivity index (χ1n) is 24.0. The number of carboxylic acid groups (broad SMARTS) is 1. The third kappa shape index (κ3) is 21.3. The van der Waals surface area contributed by atoms with Gasteiger partial charge in [-0.2, -0.15) is 25.3 Å². The molecule has 0 radical (unpaired) electrons. The Kier molecular flexibility index (Phi) is 27.0. The minimum atomic E-state index is -4.83.